The molecule has 0 fully saturated rings. The summed E-state index contributed by atoms with van der Waals surface area (Å²) in [5.74, 6) is -3.58. The standard InChI is InChI=1S/C14H8F6N2O3/c15-13(16,17)8-6-7(21-11(23)10-2-1-5-25-10)3-4-9(8)22-12(24)14(18,19)20/h1-6H,(H,21,23)(H,22,24). The Kier molecular flexibility index (Phi) is 4.77. The maximum absolute atomic E-state index is 13.0. The molecule has 1 aromatic heterocycles. The minimum Gasteiger partial charge on any atom is -0.459 e. The van der Waals surface area contributed by atoms with E-state index in [9.17, 15) is 35.9 Å². The third kappa shape index (κ3) is 4.52. The van der Waals surface area contributed by atoms with Crippen LogP contribution in [0.15, 0.2) is 41.0 Å². The van der Waals surface area contributed by atoms with Gasteiger partial charge >= 0.3 is 18.3 Å². The van der Waals surface area contributed by atoms with E-state index in [-0.39, 0.29) is 11.4 Å². The van der Waals surface area contributed by atoms with E-state index in [1.165, 1.54) is 18.4 Å². The average molecular weight is 366 g/mol. The fourth-order valence-electron chi connectivity index (χ4n) is 1.76. The van der Waals surface area contributed by atoms with Gasteiger partial charge in [-0.1, -0.05) is 0 Å². The van der Waals surface area contributed by atoms with Crippen molar-refractivity contribution in [3.8, 4) is 0 Å². The summed E-state index contributed by atoms with van der Waals surface area (Å²) in [4.78, 5) is 22.6. The van der Waals surface area contributed by atoms with Gasteiger partial charge in [0.15, 0.2) is 5.76 Å². The number of nitrogens with one attached hydrogen (secondary N) is 2. The number of furan rings is 1. The Bertz CT molecular complexity index is 781. The van der Waals surface area contributed by atoms with Crippen molar-refractivity contribution in [2.24, 2.45) is 0 Å². The lowest BCUT2D eigenvalue weighted by Gasteiger charge is -2.16. The summed E-state index contributed by atoms with van der Waals surface area (Å²) in [5.41, 5.74) is -2.99. The quantitative estimate of drug-likeness (QED) is 0.805. The molecule has 1 heterocycles. The maximum Gasteiger partial charge on any atom is 0.471 e. The van der Waals surface area contributed by atoms with Gasteiger partial charge in [-0.05, 0) is 30.3 Å². The van der Waals surface area contributed by atoms with Gasteiger partial charge in [0, 0.05) is 5.69 Å². The van der Waals surface area contributed by atoms with Gasteiger partial charge < -0.3 is 15.1 Å². The van der Waals surface area contributed by atoms with Gasteiger partial charge in [-0.3, -0.25) is 9.59 Å². The van der Waals surface area contributed by atoms with Crippen LogP contribution in [0.3, 0.4) is 0 Å². The first-order valence-corrected chi connectivity index (χ1v) is 6.43. The Morgan fingerprint density at radius 1 is 0.960 bits per heavy atom. The highest BCUT2D eigenvalue weighted by molar-refractivity contribution is 6.02. The monoisotopic (exact) mass is 366 g/mol. The molecule has 0 saturated heterocycles. The van der Waals surface area contributed by atoms with Gasteiger partial charge in [-0.25, -0.2) is 0 Å². The smallest absolute Gasteiger partial charge is 0.459 e. The van der Waals surface area contributed by atoms with Crippen molar-refractivity contribution in [1.29, 1.82) is 0 Å². The highest BCUT2D eigenvalue weighted by Crippen LogP contribution is 2.37. The number of carbonyl (C=O) groups is 2. The fraction of sp³-hybridized carbons (Fsp3) is 0.143. The SMILES string of the molecule is O=C(Nc1ccc(NC(=O)C(F)(F)F)c(C(F)(F)F)c1)c1ccco1. The second kappa shape index (κ2) is 6.49. The molecule has 0 spiro atoms. The molecule has 1 aromatic carbocycles. The average Bonchev–Trinajstić information content (AvgIpc) is 3.01. The van der Waals surface area contributed by atoms with Gasteiger partial charge in [0.1, 0.15) is 0 Å². The largest absolute Gasteiger partial charge is 0.471 e. The van der Waals surface area contributed by atoms with Crippen molar-refractivity contribution in [1.82, 2.24) is 0 Å². The second-order valence-corrected chi connectivity index (χ2v) is 4.64. The number of alkyl halides is 6. The molecule has 2 N–H and O–H groups in total. The van der Waals surface area contributed by atoms with E-state index in [0.717, 1.165) is 11.4 Å². The number of halogens is 6. The third-order valence-corrected chi connectivity index (χ3v) is 2.83. The molecular weight excluding hydrogens is 358 g/mol. The minimum absolute atomic E-state index is 0.178. The molecule has 2 aromatic rings. The lowest BCUT2D eigenvalue weighted by atomic mass is 10.1. The fourth-order valence-corrected chi connectivity index (χ4v) is 1.76. The van der Waals surface area contributed by atoms with Crippen LogP contribution in [0.2, 0.25) is 0 Å². The third-order valence-electron chi connectivity index (χ3n) is 2.83. The molecule has 0 radical (unpaired) electrons. The van der Waals surface area contributed by atoms with E-state index in [1.807, 2.05) is 0 Å². The topological polar surface area (TPSA) is 71.3 Å². The zero-order valence-electron chi connectivity index (χ0n) is 12.0. The van der Waals surface area contributed by atoms with Crippen molar-refractivity contribution in [3.05, 3.63) is 47.9 Å². The highest BCUT2D eigenvalue weighted by atomic mass is 19.4. The molecule has 0 bridgehead atoms. The molecule has 25 heavy (non-hydrogen) atoms. The van der Waals surface area contributed by atoms with Crippen molar-refractivity contribution in [2.45, 2.75) is 12.4 Å². The molecular formula is C14H8F6N2O3. The van der Waals surface area contributed by atoms with Crippen LogP contribution < -0.4 is 10.6 Å². The molecule has 5 nitrogen and oxygen atoms in total. The first-order chi connectivity index (χ1) is 11.5. The molecule has 0 atom stereocenters. The van der Waals surface area contributed by atoms with E-state index in [1.54, 1.807) is 0 Å². The van der Waals surface area contributed by atoms with Crippen LogP contribution in [0, 0.1) is 0 Å². The van der Waals surface area contributed by atoms with Crippen LogP contribution in [0.5, 0.6) is 0 Å². The van der Waals surface area contributed by atoms with Crippen molar-refractivity contribution in [3.63, 3.8) is 0 Å². The van der Waals surface area contributed by atoms with Crippen molar-refractivity contribution in [2.75, 3.05) is 10.6 Å². The highest BCUT2D eigenvalue weighted by Gasteiger charge is 2.41. The predicted molar refractivity (Wildman–Crippen MR) is 72.8 cm³/mol. The minimum atomic E-state index is -5.35. The van der Waals surface area contributed by atoms with Crippen LogP contribution in [0.1, 0.15) is 16.1 Å². The Hall–Kier alpha value is -2.98. The molecule has 134 valence electrons. The van der Waals surface area contributed by atoms with Crippen molar-refractivity contribution < 1.29 is 40.3 Å². The first kappa shape index (κ1) is 18.4. The Labute approximate surface area is 135 Å². The predicted octanol–water partition coefficient (Wildman–Crippen LogP) is 4.05. The van der Waals surface area contributed by atoms with E-state index in [4.69, 9.17) is 4.42 Å². The van der Waals surface area contributed by atoms with Crippen LogP contribution >= 0.6 is 0 Å². The van der Waals surface area contributed by atoms with Crippen LogP contribution in [0.4, 0.5) is 37.7 Å². The normalized spacial score (nSPS) is 11.9. The van der Waals surface area contributed by atoms with Gasteiger partial charge in [0.2, 0.25) is 0 Å². The Balaban J connectivity index is 2.31. The Morgan fingerprint density at radius 3 is 2.16 bits per heavy atom. The van der Waals surface area contributed by atoms with Crippen LogP contribution in [-0.2, 0) is 11.0 Å². The van der Waals surface area contributed by atoms with Crippen molar-refractivity contribution >= 4 is 23.2 Å². The number of amides is 2. The van der Waals surface area contributed by atoms with Crippen LogP contribution in [-0.4, -0.2) is 18.0 Å². The number of benzene rings is 1. The number of hydrogen-bond donors (Lipinski definition) is 2. The molecule has 2 amide bonds. The van der Waals surface area contributed by atoms with E-state index in [0.29, 0.717) is 12.1 Å². The molecule has 0 unspecified atom stereocenters. The second-order valence-electron chi connectivity index (χ2n) is 4.64. The summed E-state index contributed by atoms with van der Waals surface area (Å²) < 4.78 is 80.5. The maximum atomic E-state index is 13.0. The molecule has 0 aliphatic heterocycles. The molecule has 0 saturated carbocycles. The lowest BCUT2D eigenvalue weighted by Crippen LogP contribution is -2.31. The van der Waals surface area contributed by atoms with E-state index >= 15 is 0 Å². The molecule has 0 aliphatic rings. The van der Waals surface area contributed by atoms with Gasteiger partial charge in [0.25, 0.3) is 5.91 Å². The molecule has 0 aliphatic carbocycles. The number of hydrogen-bond acceptors (Lipinski definition) is 3. The van der Waals surface area contributed by atoms with E-state index in [2.05, 4.69) is 5.32 Å². The Morgan fingerprint density at radius 2 is 1.64 bits per heavy atom. The molecule has 11 heteroatoms. The number of anilines is 2. The summed E-state index contributed by atoms with van der Waals surface area (Å²) in [6, 6.07) is 4.54. The summed E-state index contributed by atoms with van der Waals surface area (Å²) >= 11 is 0. The zero-order chi connectivity index (χ0) is 18.8. The number of rotatable bonds is 3. The van der Waals surface area contributed by atoms with Gasteiger partial charge in [-0.15, -0.1) is 0 Å². The summed E-state index contributed by atoms with van der Waals surface area (Å²) in [6.45, 7) is 0. The van der Waals surface area contributed by atoms with Crippen LogP contribution in [0.25, 0.3) is 0 Å². The van der Waals surface area contributed by atoms with Gasteiger partial charge in [0.05, 0.1) is 17.5 Å². The summed E-state index contributed by atoms with van der Waals surface area (Å²) in [6.07, 6.45) is -9.25. The molecule has 2 rings (SSSR count). The number of carbonyl (C=O) groups excluding carboxylic acids is 2. The van der Waals surface area contributed by atoms with Gasteiger partial charge in [-0.2, -0.15) is 26.3 Å². The van der Waals surface area contributed by atoms with E-state index < -0.39 is 35.4 Å². The summed E-state index contributed by atoms with van der Waals surface area (Å²) in [7, 11) is 0. The first-order valence-electron chi connectivity index (χ1n) is 6.43. The zero-order valence-corrected chi connectivity index (χ0v) is 12.0. The summed E-state index contributed by atoms with van der Waals surface area (Å²) in [5, 5.41) is 3.25. The lowest BCUT2D eigenvalue weighted by molar-refractivity contribution is -0.167.